The zero-order valence-electron chi connectivity index (χ0n) is 18.4. The van der Waals surface area contributed by atoms with E-state index < -0.39 is 5.60 Å². The van der Waals surface area contributed by atoms with Crippen molar-refractivity contribution < 1.29 is 14.3 Å². The Morgan fingerprint density at radius 2 is 1.73 bits per heavy atom. The van der Waals surface area contributed by atoms with Crippen molar-refractivity contribution in [3.05, 3.63) is 35.9 Å². The van der Waals surface area contributed by atoms with Crippen molar-refractivity contribution in [2.75, 3.05) is 39.8 Å². The number of hydrogen-bond donors (Lipinski definition) is 1. The normalized spacial score (nSPS) is 23.1. The molecular formula is C22H33N5O3. The van der Waals surface area contributed by atoms with Crippen LogP contribution in [0.4, 0.5) is 4.79 Å². The number of amides is 2. The Morgan fingerprint density at radius 1 is 1.13 bits per heavy atom. The van der Waals surface area contributed by atoms with Gasteiger partial charge in [-0.1, -0.05) is 30.3 Å². The monoisotopic (exact) mass is 415 g/mol. The molecule has 2 fully saturated rings. The maximum Gasteiger partial charge on any atom is 0.410 e. The molecule has 2 N–H and O–H groups in total. The number of likely N-dealkylation sites (tertiary alicyclic amines) is 1. The zero-order valence-corrected chi connectivity index (χ0v) is 18.4. The van der Waals surface area contributed by atoms with Gasteiger partial charge in [0.25, 0.3) is 0 Å². The molecule has 2 atom stereocenters. The van der Waals surface area contributed by atoms with Gasteiger partial charge >= 0.3 is 6.09 Å². The highest BCUT2D eigenvalue weighted by molar-refractivity contribution is 5.80. The number of carbonyl (C=O) groups is 2. The van der Waals surface area contributed by atoms with E-state index in [1.807, 2.05) is 55.8 Å². The standard InChI is InChI=1S/C22H33N5O3/c1-22(2,3)30-21(29)27-12-10-26(11-13-27)20(23)24-15-17-14-18(28)25(4)19(17)16-8-6-5-7-9-16/h5-9,17,19H,10-15H2,1-4H3,(H2,23,24). The fraction of sp³-hybridized carbons (Fsp3) is 0.591. The third-order valence-corrected chi connectivity index (χ3v) is 5.58. The molecule has 0 spiro atoms. The molecule has 2 aliphatic heterocycles. The van der Waals surface area contributed by atoms with Crippen LogP contribution in [-0.2, 0) is 9.53 Å². The maximum atomic E-state index is 12.3. The van der Waals surface area contributed by atoms with Crippen molar-refractivity contribution in [2.24, 2.45) is 16.6 Å². The van der Waals surface area contributed by atoms with Gasteiger partial charge in [-0.3, -0.25) is 9.79 Å². The number of carbonyl (C=O) groups excluding carboxylic acids is 2. The molecule has 2 aliphatic rings. The van der Waals surface area contributed by atoms with Crippen molar-refractivity contribution in [3.8, 4) is 0 Å². The molecule has 3 rings (SSSR count). The molecule has 2 amide bonds. The SMILES string of the molecule is CN1C(=O)CC(CN=C(N)N2CCN(C(=O)OC(C)(C)C)CC2)C1c1ccccc1. The minimum atomic E-state index is -0.504. The predicted octanol–water partition coefficient (Wildman–Crippen LogP) is 2.07. The average molecular weight is 416 g/mol. The van der Waals surface area contributed by atoms with Gasteiger partial charge in [-0.05, 0) is 26.3 Å². The number of guanidine groups is 1. The first-order valence-corrected chi connectivity index (χ1v) is 10.5. The van der Waals surface area contributed by atoms with Crippen LogP contribution in [-0.4, -0.2) is 78.0 Å². The van der Waals surface area contributed by atoms with E-state index in [0.717, 1.165) is 5.56 Å². The third-order valence-electron chi connectivity index (χ3n) is 5.58. The minimum absolute atomic E-state index is 0.0132. The molecular weight excluding hydrogens is 382 g/mol. The van der Waals surface area contributed by atoms with Crippen molar-refractivity contribution >= 4 is 18.0 Å². The van der Waals surface area contributed by atoms with Crippen molar-refractivity contribution in [2.45, 2.75) is 38.8 Å². The quantitative estimate of drug-likeness (QED) is 0.603. The van der Waals surface area contributed by atoms with E-state index in [1.54, 1.807) is 4.90 Å². The van der Waals surface area contributed by atoms with Gasteiger partial charge in [-0.2, -0.15) is 0 Å². The molecule has 8 heteroatoms. The summed E-state index contributed by atoms with van der Waals surface area (Å²) >= 11 is 0. The second kappa shape index (κ2) is 8.93. The Hall–Kier alpha value is -2.77. The van der Waals surface area contributed by atoms with Crippen LogP contribution in [0.15, 0.2) is 35.3 Å². The predicted molar refractivity (Wildman–Crippen MR) is 116 cm³/mol. The second-order valence-corrected chi connectivity index (χ2v) is 8.98. The Kier molecular flexibility index (Phi) is 6.53. The number of nitrogens with two attached hydrogens (primary N) is 1. The molecule has 2 heterocycles. The van der Waals surface area contributed by atoms with Gasteiger partial charge in [-0.25, -0.2) is 4.79 Å². The lowest BCUT2D eigenvalue weighted by Crippen LogP contribution is -2.53. The molecule has 0 aliphatic carbocycles. The van der Waals surface area contributed by atoms with Crippen molar-refractivity contribution in [1.29, 1.82) is 0 Å². The first-order valence-electron chi connectivity index (χ1n) is 10.5. The van der Waals surface area contributed by atoms with Gasteiger partial charge in [0.2, 0.25) is 5.91 Å². The highest BCUT2D eigenvalue weighted by Crippen LogP contribution is 2.37. The van der Waals surface area contributed by atoms with Crippen LogP contribution in [0.1, 0.15) is 38.8 Å². The molecule has 1 aromatic carbocycles. The van der Waals surface area contributed by atoms with Crippen LogP contribution in [0, 0.1) is 5.92 Å². The Morgan fingerprint density at radius 3 is 2.33 bits per heavy atom. The van der Waals surface area contributed by atoms with Crippen molar-refractivity contribution in [3.63, 3.8) is 0 Å². The van der Waals surface area contributed by atoms with E-state index in [-0.39, 0.29) is 24.0 Å². The number of benzene rings is 1. The molecule has 0 saturated carbocycles. The highest BCUT2D eigenvalue weighted by Gasteiger charge is 2.38. The van der Waals surface area contributed by atoms with Gasteiger partial charge in [0.15, 0.2) is 5.96 Å². The number of rotatable bonds is 3. The molecule has 0 aromatic heterocycles. The molecule has 0 bridgehead atoms. The van der Waals surface area contributed by atoms with E-state index in [0.29, 0.717) is 45.1 Å². The Balaban J connectivity index is 1.57. The number of piperazine rings is 1. The van der Waals surface area contributed by atoms with Crippen LogP contribution >= 0.6 is 0 Å². The topological polar surface area (TPSA) is 91.5 Å². The fourth-order valence-corrected chi connectivity index (χ4v) is 4.02. The molecule has 0 radical (unpaired) electrons. The largest absolute Gasteiger partial charge is 0.444 e. The summed E-state index contributed by atoms with van der Waals surface area (Å²) in [5.74, 6) is 0.688. The number of hydrogen-bond acceptors (Lipinski definition) is 4. The summed E-state index contributed by atoms with van der Waals surface area (Å²) in [7, 11) is 1.85. The smallest absolute Gasteiger partial charge is 0.410 e. The van der Waals surface area contributed by atoms with Crippen LogP contribution < -0.4 is 5.73 Å². The van der Waals surface area contributed by atoms with E-state index in [9.17, 15) is 9.59 Å². The number of nitrogens with zero attached hydrogens (tertiary/aromatic N) is 4. The maximum absolute atomic E-state index is 12.3. The molecule has 8 nitrogen and oxygen atoms in total. The lowest BCUT2D eigenvalue weighted by Gasteiger charge is -2.36. The van der Waals surface area contributed by atoms with Gasteiger partial charge < -0.3 is 25.2 Å². The van der Waals surface area contributed by atoms with Crippen LogP contribution in [0.3, 0.4) is 0 Å². The third kappa shape index (κ3) is 5.23. The van der Waals surface area contributed by atoms with Crippen LogP contribution in [0.5, 0.6) is 0 Å². The van der Waals surface area contributed by atoms with Crippen molar-refractivity contribution in [1.82, 2.24) is 14.7 Å². The van der Waals surface area contributed by atoms with E-state index >= 15 is 0 Å². The number of aliphatic imine (C=N–C) groups is 1. The van der Waals surface area contributed by atoms with E-state index in [4.69, 9.17) is 10.5 Å². The van der Waals surface area contributed by atoms with Gasteiger partial charge in [-0.15, -0.1) is 0 Å². The van der Waals surface area contributed by atoms with Gasteiger partial charge in [0, 0.05) is 52.1 Å². The number of ether oxygens (including phenoxy) is 1. The average Bonchev–Trinajstić information content (AvgIpc) is 2.99. The lowest BCUT2D eigenvalue weighted by molar-refractivity contribution is -0.127. The molecule has 164 valence electrons. The summed E-state index contributed by atoms with van der Waals surface area (Å²) in [5.41, 5.74) is 6.86. The molecule has 2 saturated heterocycles. The summed E-state index contributed by atoms with van der Waals surface area (Å²) in [6.45, 7) is 8.39. The summed E-state index contributed by atoms with van der Waals surface area (Å²) in [4.78, 5) is 34.6. The summed E-state index contributed by atoms with van der Waals surface area (Å²) < 4.78 is 5.43. The molecule has 1 aromatic rings. The first-order chi connectivity index (χ1) is 14.2. The minimum Gasteiger partial charge on any atom is -0.444 e. The molecule has 30 heavy (non-hydrogen) atoms. The van der Waals surface area contributed by atoms with Gasteiger partial charge in [0.05, 0.1) is 6.04 Å². The Bertz CT molecular complexity index is 782. The van der Waals surface area contributed by atoms with Gasteiger partial charge in [0.1, 0.15) is 5.60 Å². The zero-order chi connectivity index (χ0) is 21.9. The highest BCUT2D eigenvalue weighted by atomic mass is 16.6. The summed E-state index contributed by atoms with van der Waals surface area (Å²) in [6, 6.07) is 10.1. The summed E-state index contributed by atoms with van der Waals surface area (Å²) in [6.07, 6.45) is 0.176. The second-order valence-electron chi connectivity index (χ2n) is 8.98. The molecule has 2 unspecified atom stereocenters. The van der Waals surface area contributed by atoms with E-state index in [1.165, 1.54) is 0 Å². The Labute approximate surface area is 178 Å². The lowest BCUT2D eigenvalue weighted by atomic mass is 9.94. The van der Waals surface area contributed by atoms with Crippen LogP contribution in [0.25, 0.3) is 0 Å². The first kappa shape index (κ1) is 21.9. The van der Waals surface area contributed by atoms with E-state index in [2.05, 4.69) is 17.1 Å². The fourth-order valence-electron chi connectivity index (χ4n) is 4.02. The summed E-state index contributed by atoms with van der Waals surface area (Å²) in [5, 5.41) is 0. The van der Waals surface area contributed by atoms with Crippen LogP contribution in [0.2, 0.25) is 0 Å².